The maximum absolute atomic E-state index is 13.3. The van der Waals surface area contributed by atoms with Crippen molar-refractivity contribution in [3.8, 4) is 0 Å². The van der Waals surface area contributed by atoms with Crippen LogP contribution in [-0.4, -0.2) is 255 Å². The first-order valence-corrected chi connectivity index (χ1v) is 28.0. The molecule has 0 aromatic heterocycles. The monoisotopic (exact) mass is 1140 g/mol. The second kappa shape index (κ2) is 22.0. The summed E-state index contributed by atoms with van der Waals surface area (Å²) in [6, 6.07) is 0. The number of carboxylic acid groups (broad SMARTS) is 1. The fraction of sp³-hybridized carbons (Fsp3) is 0.944. The molecule has 0 bridgehead atoms. The van der Waals surface area contributed by atoms with Gasteiger partial charge in [-0.3, -0.25) is 0 Å². The lowest BCUT2D eigenvalue weighted by atomic mass is 9.33. The number of carbonyl (C=O) groups is 1. The van der Waals surface area contributed by atoms with Gasteiger partial charge in [0.2, 0.25) is 0 Å². The molecule has 4 heterocycles. The van der Waals surface area contributed by atoms with Crippen LogP contribution < -0.4 is 0 Å². The number of hydrogen-bond acceptors (Lipinski definition) is 24. The van der Waals surface area contributed by atoms with Crippen LogP contribution in [0.25, 0.3) is 0 Å². The fourth-order valence-corrected chi connectivity index (χ4v) is 16.8. The summed E-state index contributed by atoms with van der Waals surface area (Å²) >= 11 is 0. The summed E-state index contributed by atoms with van der Waals surface area (Å²) < 4.78 is 48.6. The Morgan fingerprint density at radius 3 is 1.73 bits per heavy atom. The largest absolute Gasteiger partial charge is 0.479 e. The van der Waals surface area contributed by atoms with E-state index < -0.39 is 206 Å². The van der Waals surface area contributed by atoms with Crippen LogP contribution in [0, 0.1) is 50.2 Å². The van der Waals surface area contributed by atoms with Crippen molar-refractivity contribution < 1.29 is 124 Å². The number of allylic oxidation sites excluding steroid dienone is 2. The molecule has 79 heavy (non-hydrogen) atoms. The molecule has 5 aliphatic carbocycles. The first kappa shape index (κ1) is 61.8. The molecule has 454 valence electrons. The molecule has 0 aromatic carbocycles. The number of aliphatic carboxylic acids is 1. The minimum Gasteiger partial charge on any atom is -0.479 e. The van der Waals surface area contributed by atoms with Crippen molar-refractivity contribution in [3.63, 3.8) is 0 Å². The molecule has 4 saturated heterocycles. The van der Waals surface area contributed by atoms with Gasteiger partial charge >= 0.3 is 5.97 Å². The predicted molar refractivity (Wildman–Crippen MR) is 266 cm³/mol. The number of aliphatic hydroxyl groups is 15. The lowest BCUT2D eigenvalue weighted by molar-refractivity contribution is -0.404. The first-order chi connectivity index (χ1) is 36.8. The Labute approximate surface area is 458 Å². The van der Waals surface area contributed by atoms with Crippen LogP contribution in [0.5, 0.6) is 0 Å². The van der Waals surface area contributed by atoms with Gasteiger partial charge in [0.05, 0.1) is 55.8 Å². The zero-order chi connectivity index (χ0) is 58.2. The second-order valence-electron chi connectivity index (χ2n) is 26.5. The number of ether oxygens (including phenoxy) is 8. The van der Waals surface area contributed by atoms with Crippen molar-refractivity contribution in [2.24, 2.45) is 50.2 Å². The highest BCUT2D eigenvalue weighted by molar-refractivity contribution is 5.73. The summed E-state index contributed by atoms with van der Waals surface area (Å²) in [6.07, 6.45) is -36.0. The third kappa shape index (κ3) is 9.61. The Hall–Kier alpha value is -1.71. The van der Waals surface area contributed by atoms with Gasteiger partial charge in [0, 0.05) is 0 Å². The van der Waals surface area contributed by atoms with Crippen LogP contribution in [0.15, 0.2) is 11.6 Å². The SMILES string of the molecule is CC1OC(OC2C(OC3C(OC4CCC5(C)C(CCC6(C)C5CC=C5C7CC(C)(C)C(O)C(O)C7(CO)C(O)CC56C)C4(C)C)OC(C(=O)O)C(OC4OC(CO)C(O)C(O)C4O)C3O)OC(CO)C(O)C2O)C(O)C(O)C1O. The summed E-state index contributed by atoms with van der Waals surface area (Å²) in [5.74, 6) is -2.17. The summed E-state index contributed by atoms with van der Waals surface area (Å²) in [6.45, 7) is 13.6. The van der Waals surface area contributed by atoms with Gasteiger partial charge in [-0.1, -0.05) is 60.1 Å². The van der Waals surface area contributed by atoms with Crippen LogP contribution in [-0.2, 0) is 42.7 Å². The van der Waals surface area contributed by atoms with Crippen molar-refractivity contribution in [2.45, 2.75) is 248 Å². The van der Waals surface area contributed by atoms with Crippen molar-refractivity contribution in [2.75, 3.05) is 19.8 Å². The molecular formula is C54H88O25. The lowest BCUT2D eigenvalue weighted by Crippen LogP contribution is -2.71. The van der Waals surface area contributed by atoms with Gasteiger partial charge < -0.3 is 120 Å². The minimum absolute atomic E-state index is 0.0369. The van der Waals surface area contributed by atoms with Crippen molar-refractivity contribution in [1.29, 1.82) is 0 Å². The van der Waals surface area contributed by atoms with Crippen LogP contribution in [0.1, 0.15) is 100 Å². The van der Waals surface area contributed by atoms with Gasteiger partial charge in [-0.25, -0.2) is 4.79 Å². The molecule has 4 saturated carbocycles. The maximum atomic E-state index is 13.3. The van der Waals surface area contributed by atoms with E-state index in [1.54, 1.807) is 0 Å². The fourth-order valence-electron chi connectivity index (χ4n) is 16.8. The van der Waals surface area contributed by atoms with E-state index in [4.69, 9.17) is 37.9 Å². The van der Waals surface area contributed by atoms with Crippen molar-refractivity contribution in [1.82, 2.24) is 0 Å². The number of carboxylic acids is 1. The highest BCUT2D eigenvalue weighted by Crippen LogP contribution is 2.76. The Kier molecular flexibility index (Phi) is 17.2. The Morgan fingerprint density at radius 1 is 0.582 bits per heavy atom. The zero-order valence-corrected chi connectivity index (χ0v) is 46.1. The van der Waals surface area contributed by atoms with Gasteiger partial charge in [-0.05, 0) is 96.7 Å². The van der Waals surface area contributed by atoms with E-state index in [2.05, 4.69) is 26.8 Å². The van der Waals surface area contributed by atoms with E-state index in [1.165, 1.54) is 6.92 Å². The second-order valence-corrected chi connectivity index (χ2v) is 26.5. The molecule has 9 aliphatic rings. The Balaban J connectivity index is 1.04. The van der Waals surface area contributed by atoms with E-state index >= 15 is 0 Å². The van der Waals surface area contributed by atoms with Gasteiger partial charge in [0.1, 0.15) is 85.5 Å². The highest BCUT2D eigenvalue weighted by Gasteiger charge is 2.73. The van der Waals surface area contributed by atoms with Crippen LogP contribution in [0.3, 0.4) is 0 Å². The third-order valence-electron chi connectivity index (χ3n) is 21.8. The molecule has 0 spiro atoms. The molecule has 16 N–H and O–H groups in total. The Morgan fingerprint density at radius 2 is 1.13 bits per heavy atom. The maximum Gasteiger partial charge on any atom is 0.335 e. The average Bonchev–Trinajstić information content (AvgIpc) is 3.55. The van der Waals surface area contributed by atoms with Gasteiger partial charge in [-0.2, -0.15) is 0 Å². The highest BCUT2D eigenvalue weighted by atomic mass is 16.8. The smallest absolute Gasteiger partial charge is 0.335 e. The third-order valence-corrected chi connectivity index (χ3v) is 21.8. The molecule has 0 amide bonds. The molecule has 25 heteroatoms. The van der Waals surface area contributed by atoms with Crippen LogP contribution in [0.4, 0.5) is 0 Å². The lowest BCUT2D eigenvalue weighted by Gasteiger charge is -2.72. The van der Waals surface area contributed by atoms with Gasteiger partial charge in [0.25, 0.3) is 0 Å². The van der Waals surface area contributed by atoms with E-state index in [0.717, 1.165) is 5.57 Å². The van der Waals surface area contributed by atoms with Crippen molar-refractivity contribution >= 4 is 5.97 Å². The molecule has 8 fully saturated rings. The summed E-state index contributed by atoms with van der Waals surface area (Å²) in [5, 5.41) is 177. The van der Waals surface area contributed by atoms with Gasteiger partial charge in [-0.15, -0.1) is 0 Å². The van der Waals surface area contributed by atoms with E-state index in [-0.39, 0.29) is 23.7 Å². The number of hydrogen-bond donors (Lipinski definition) is 16. The number of rotatable bonds is 12. The van der Waals surface area contributed by atoms with Gasteiger partial charge in [0.15, 0.2) is 31.3 Å². The van der Waals surface area contributed by atoms with E-state index in [9.17, 15) is 86.5 Å². The molecule has 31 atom stereocenters. The van der Waals surface area contributed by atoms with Crippen molar-refractivity contribution in [3.05, 3.63) is 11.6 Å². The summed E-state index contributed by atoms with van der Waals surface area (Å²) in [7, 11) is 0. The molecular weight excluding hydrogens is 1050 g/mol. The van der Waals surface area contributed by atoms with E-state index in [1.807, 2.05) is 27.7 Å². The quantitative estimate of drug-likeness (QED) is 0.0665. The molecule has 9 rings (SSSR count). The molecule has 31 unspecified atom stereocenters. The molecule has 4 aliphatic heterocycles. The molecule has 0 aromatic rings. The summed E-state index contributed by atoms with van der Waals surface area (Å²) in [4.78, 5) is 13.3. The topological polar surface area (TPSA) is 415 Å². The Bertz CT molecular complexity index is 2200. The van der Waals surface area contributed by atoms with Crippen LogP contribution >= 0.6 is 0 Å². The number of aliphatic hydroxyl groups excluding tert-OH is 15. The zero-order valence-electron chi connectivity index (χ0n) is 46.1. The molecule has 0 radical (unpaired) electrons. The van der Waals surface area contributed by atoms with Crippen LogP contribution in [0.2, 0.25) is 0 Å². The molecule has 25 nitrogen and oxygen atoms in total. The average molecular weight is 1140 g/mol. The normalized spacial score (nSPS) is 55.3. The first-order valence-electron chi connectivity index (χ1n) is 28.0. The van der Waals surface area contributed by atoms with E-state index in [0.29, 0.717) is 38.5 Å². The standard InChI is InChI=1S/C54H88O25/c1-20-29(59)32(62)35(65)45(72-20)77-39-34(64)31(61)24(18-56)74-47(39)78-40-37(67)38(76-46-36(66)33(63)30(60)23(17-55)73-46)41(44(70)71)79-48(40)75-28-12-13-51(6)25(50(28,4)5)11-14-52(7)26(51)10-9-21-22-15-49(2,3)42(68)43(69)54(22,19-57)27(58)16-53(21,52)8/h9,20,22-43,45-48,55-69H,10-19H2,1-8H3,(H,70,71). The minimum atomic E-state index is -2.20. The summed E-state index contributed by atoms with van der Waals surface area (Å²) in [5.41, 5.74) is -3.14. The predicted octanol–water partition coefficient (Wildman–Crippen LogP) is -3.53. The number of fused-ring (bicyclic) bond motifs is 7.